The second-order valence-electron chi connectivity index (χ2n) is 10.3. The quantitative estimate of drug-likeness (QED) is 0.207. The number of nitrogens with zero attached hydrogens (tertiary/aromatic N) is 3. The summed E-state index contributed by atoms with van der Waals surface area (Å²) in [7, 11) is 0. The van der Waals surface area contributed by atoms with Gasteiger partial charge in [0.1, 0.15) is 25.6 Å². The Morgan fingerprint density at radius 1 is 0.829 bits per heavy atom. The molecule has 1 saturated carbocycles. The molecule has 0 N–H and O–H groups in total. The molecule has 0 unspecified atom stereocenters. The molecule has 41 heavy (non-hydrogen) atoms. The lowest BCUT2D eigenvalue weighted by Crippen LogP contribution is -2.54. The summed E-state index contributed by atoms with van der Waals surface area (Å²) in [6.07, 6.45) is 8.01. The molecule has 0 saturated heterocycles. The van der Waals surface area contributed by atoms with Crippen molar-refractivity contribution in [3.8, 4) is 11.5 Å². The fourth-order valence-electron chi connectivity index (χ4n) is 5.16. The van der Waals surface area contributed by atoms with Gasteiger partial charge in [0.25, 0.3) is 5.91 Å². The van der Waals surface area contributed by atoms with Gasteiger partial charge < -0.3 is 14.4 Å². The predicted molar refractivity (Wildman–Crippen MR) is 162 cm³/mol. The first-order valence-corrected chi connectivity index (χ1v) is 14.1. The van der Waals surface area contributed by atoms with Crippen LogP contribution in [0.5, 0.6) is 11.5 Å². The van der Waals surface area contributed by atoms with Gasteiger partial charge in [0.05, 0.1) is 5.54 Å². The van der Waals surface area contributed by atoms with Crippen molar-refractivity contribution in [1.82, 2.24) is 9.58 Å². The van der Waals surface area contributed by atoms with Crippen LogP contribution in [0.1, 0.15) is 40.0 Å². The Balaban J connectivity index is 1.17. The largest absolute Gasteiger partial charge is 0.489 e. The van der Waals surface area contributed by atoms with Crippen molar-refractivity contribution >= 4 is 18.7 Å². The standard InChI is InChI=1S/C33H31N3O4S/c37-28-16-20-35-30(31(28)40-23-26-12-5-2-6-13-26)32(38)34(24-36(35)41)33(18-19-33)17-9-21-39-29-15-8-7-14-27(29)22-25-10-3-1-4-11-25/h1-17,20,41H,18-19,21-24H2/b17-9+. The third-order valence-electron chi connectivity index (χ3n) is 7.50. The van der Waals surface area contributed by atoms with E-state index < -0.39 is 5.54 Å². The van der Waals surface area contributed by atoms with Crippen LogP contribution >= 0.6 is 12.8 Å². The third-order valence-corrected chi connectivity index (χ3v) is 7.82. The number of hydrogen-bond acceptors (Lipinski definition) is 6. The molecule has 0 atom stereocenters. The van der Waals surface area contributed by atoms with Crippen LogP contribution in [0.25, 0.3) is 0 Å². The topological polar surface area (TPSA) is 64.0 Å². The number of pyridine rings is 1. The molecule has 1 fully saturated rings. The number of fused-ring (bicyclic) bond motifs is 1. The van der Waals surface area contributed by atoms with Crippen LogP contribution in [0.2, 0.25) is 0 Å². The van der Waals surface area contributed by atoms with E-state index >= 15 is 0 Å². The molecule has 1 amide bonds. The molecule has 6 rings (SSSR count). The van der Waals surface area contributed by atoms with Crippen molar-refractivity contribution in [1.29, 1.82) is 0 Å². The van der Waals surface area contributed by atoms with Crippen LogP contribution in [0.3, 0.4) is 0 Å². The number of para-hydroxylation sites is 1. The molecule has 8 heteroatoms. The van der Waals surface area contributed by atoms with Crippen molar-refractivity contribution in [2.24, 2.45) is 0 Å². The Labute approximate surface area is 244 Å². The number of rotatable bonds is 10. The van der Waals surface area contributed by atoms with Gasteiger partial charge >= 0.3 is 0 Å². The number of thiol groups is 1. The summed E-state index contributed by atoms with van der Waals surface area (Å²) >= 11 is 4.62. The van der Waals surface area contributed by atoms with Crippen molar-refractivity contribution in [2.45, 2.75) is 31.4 Å². The number of carbonyl (C=O) groups is 1. The zero-order valence-electron chi connectivity index (χ0n) is 22.6. The van der Waals surface area contributed by atoms with E-state index in [9.17, 15) is 9.59 Å². The first kappa shape index (κ1) is 26.8. The lowest BCUT2D eigenvalue weighted by atomic mass is 10.0. The summed E-state index contributed by atoms with van der Waals surface area (Å²) in [6.45, 7) is 0.823. The van der Waals surface area contributed by atoms with Crippen LogP contribution in [0, 0.1) is 0 Å². The Bertz CT molecular complexity index is 1620. The number of benzene rings is 3. The van der Waals surface area contributed by atoms with Crippen LogP contribution < -0.4 is 19.3 Å². The maximum Gasteiger partial charge on any atom is 0.278 e. The summed E-state index contributed by atoms with van der Waals surface area (Å²) in [5.74, 6) is 0.616. The van der Waals surface area contributed by atoms with Crippen molar-refractivity contribution < 1.29 is 14.3 Å². The summed E-state index contributed by atoms with van der Waals surface area (Å²) in [4.78, 5) is 28.5. The van der Waals surface area contributed by atoms with Gasteiger partial charge in [0.15, 0.2) is 11.4 Å². The molecule has 1 aromatic heterocycles. The molecule has 4 aromatic rings. The second-order valence-corrected chi connectivity index (χ2v) is 10.8. The summed E-state index contributed by atoms with van der Waals surface area (Å²) in [5.41, 5.74) is 2.63. The minimum Gasteiger partial charge on any atom is -0.489 e. The van der Waals surface area contributed by atoms with E-state index in [2.05, 4.69) is 31.0 Å². The molecule has 7 nitrogen and oxygen atoms in total. The fraction of sp³-hybridized carbons (Fsp3) is 0.212. The molecule has 208 valence electrons. The number of amides is 1. The van der Waals surface area contributed by atoms with Gasteiger partial charge in [-0.05, 0) is 54.5 Å². The van der Waals surface area contributed by atoms with Gasteiger partial charge in [-0.25, -0.2) is 9.09 Å². The third kappa shape index (κ3) is 5.74. The highest BCUT2D eigenvalue weighted by Gasteiger charge is 2.51. The minimum atomic E-state index is -0.460. The summed E-state index contributed by atoms with van der Waals surface area (Å²) in [6, 6.07) is 29.3. The van der Waals surface area contributed by atoms with Gasteiger partial charge in [-0.3, -0.25) is 9.59 Å². The summed E-state index contributed by atoms with van der Waals surface area (Å²) < 4.78 is 15.3. The van der Waals surface area contributed by atoms with Crippen LogP contribution in [0.4, 0.5) is 0 Å². The Morgan fingerprint density at radius 3 is 2.24 bits per heavy atom. The molecule has 2 heterocycles. The molecule has 2 aliphatic rings. The van der Waals surface area contributed by atoms with E-state index in [1.165, 1.54) is 11.6 Å². The molecule has 1 aliphatic carbocycles. The normalized spacial score (nSPS) is 15.6. The molecule has 3 aromatic carbocycles. The SMILES string of the molecule is O=C1c2c(OCc3ccccc3)c(=O)ccn2N(S)CN1C1(/C=C/COc2ccccc2Cc2ccccc2)CC1. The highest BCUT2D eigenvalue weighted by molar-refractivity contribution is 7.81. The Hall–Kier alpha value is -4.43. The smallest absolute Gasteiger partial charge is 0.278 e. The van der Waals surface area contributed by atoms with Gasteiger partial charge in [-0.2, -0.15) is 0 Å². The maximum atomic E-state index is 13.9. The average Bonchev–Trinajstić information content (AvgIpc) is 3.79. The number of hydrogen-bond donors (Lipinski definition) is 1. The van der Waals surface area contributed by atoms with E-state index in [0.717, 1.165) is 36.1 Å². The fourth-order valence-corrected chi connectivity index (χ4v) is 5.44. The number of aromatic nitrogens is 1. The zero-order chi connectivity index (χ0) is 28.2. The maximum absolute atomic E-state index is 13.9. The predicted octanol–water partition coefficient (Wildman–Crippen LogP) is 5.38. The van der Waals surface area contributed by atoms with Crippen molar-refractivity contribution in [3.63, 3.8) is 0 Å². The lowest BCUT2D eigenvalue weighted by molar-refractivity contribution is 0.0637. The molecular formula is C33H31N3O4S. The van der Waals surface area contributed by atoms with Crippen LogP contribution in [-0.2, 0) is 13.0 Å². The van der Waals surface area contributed by atoms with Gasteiger partial charge in [-0.1, -0.05) is 84.9 Å². The first-order valence-electron chi connectivity index (χ1n) is 13.7. The van der Waals surface area contributed by atoms with E-state index in [1.807, 2.05) is 78.9 Å². The van der Waals surface area contributed by atoms with Crippen molar-refractivity contribution in [2.75, 3.05) is 17.7 Å². The van der Waals surface area contributed by atoms with Crippen LogP contribution in [-0.4, -0.2) is 34.3 Å². The van der Waals surface area contributed by atoms with E-state index in [4.69, 9.17) is 9.47 Å². The Kier molecular flexibility index (Phi) is 7.57. The molecule has 0 bridgehead atoms. The van der Waals surface area contributed by atoms with E-state index in [0.29, 0.717) is 6.61 Å². The Morgan fingerprint density at radius 2 is 1.51 bits per heavy atom. The van der Waals surface area contributed by atoms with Crippen molar-refractivity contribution in [3.05, 3.63) is 142 Å². The molecule has 1 aliphatic heterocycles. The van der Waals surface area contributed by atoms with E-state index in [-0.39, 0.29) is 36.1 Å². The number of ether oxygens (including phenoxy) is 2. The molecule has 0 radical (unpaired) electrons. The first-order chi connectivity index (χ1) is 20.0. The average molecular weight is 566 g/mol. The lowest BCUT2D eigenvalue weighted by Gasteiger charge is -2.40. The molecule has 0 spiro atoms. The van der Waals surface area contributed by atoms with Crippen LogP contribution in [0.15, 0.2) is 114 Å². The van der Waals surface area contributed by atoms with Gasteiger partial charge in [0.2, 0.25) is 5.43 Å². The van der Waals surface area contributed by atoms with Gasteiger partial charge in [-0.15, -0.1) is 0 Å². The molecular weight excluding hydrogens is 534 g/mol. The second kappa shape index (κ2) is 11.6. The minimum absolute atomic E-state index is 0.0308. The summed E-state index contributed by atoms with van der Waals surface area (Å²) in [5, 5.41) is 0. The zero-order valence-corrected chi connectivity index (χ0v) is 23.5. The number of carbonyl (C=O) groups excluding carboxylic acids is 1. The van der Waals surface area contributed by atoms with Gasteiger partial charge in [0, 0.05) is 18.7 Å². The monoisotopic (exact) mass is 565 g/mol. The van der Waals surface area contributed by atoms with E-state index in [1.54, 1.807) is 20.2 Å². The highest BCUT2D eigenvalue weighted by atomic mass is 32.1. The highest BCUT2D eigenvalue weighted by Crippen LogP contribution is 2.45.